The first-order valence-electron chi connectivity index (χ1n) is 10.6. The molecule has 0 aliphatic carbocycles. The minimum Gasteiger partial charge on any atom is -0.388 e. The first-order chi connectivity index (χ1) is 16.8. The minimum absolute atomic E-state index is 0.117. The molecular weight excluding hydrogens is 559 g/mol. The number of hydrogen-bond acceptors (Lipinski definition) is 9. The number of aliphatic hydroxyl groups excluding tert-OH is 2. The number of hydrogen-bond donors (Lipinski definition) is 6. The van der Waals surface area contributed by atoms with Crippen molar-refractivity contribution in [2.45, 2.75) is 37.5 Å². The van der Waals surface area contributed by atoms with Crippen molar-refractivity contribution in [3.63, 3.8) is 0 Å². The van der Waals surface area contributed by atoms with Gasteiger partial charge >= 0.3 is 7.60 Å². The predicted octanol–water partition coefficient (Wildman–Crippen LogP) is 2.16. The van der Waals surface area contributed by atoms with E-state index in [0.717, 1.165) is 5.56 Å². The highest BCUT2D eigenvalue weighted by molar-refractivity contribution is 7.72. The van der Waals surface area contributed by atoms with Crippen LogP contribution in [0.15, 0.2) is 30.6 Å². The highest BCUT2D eigenvalue weighted by atomic mass is 35.5. The van der Waals surface area contributed by atoms with Crippen LogP contribution in [-0.2, 0) is 20.4 Å². The van der Waals surface area contributed by atoms with Crippen molar-refractivity contribution in [2.24, 2.45) is 0 Å². The second-order valence-corrected chi connectivity index (χ2v) is 13.7. The molecule has 1 fully saturated rings. The molecule has 2 aromatic heterocycles. The van der Waals surface area contributed by atoms with Gasteiger partial charge in [-0.15, -0.1) is 0 Å². The lowest BCUT2D eigenvalue weighted by molar-refractivity contribution is -0.0354. The number of nitrogens with one attached hydrogen (secondary N) is 1. The molecule has 1 saturated heterocycles. The van der Waals surface area contributed by atoms with Crippen LogP contribution in [0.25, 0.3) is 11.2 Å². The van der Waals surface area contributed by atoms with E-state index in [9.17, 15) is 24.2 Å². The summed E-state index contributed by atoms with van der Waals surface area (Å²) in [6, 6.07) is 7.23. The van der Waals surface area contributed by atoms with E-state index < -0.39 is 51.6 Å². The van der Waals surface area contributed by atoms with Crippen LogP contribution >= 0.6 is 38.2 Å². The largest absolute Gasteiger partial charge is 0.388 e. The third kappa shape index (κ3) is 6.25. The molecule has 196 valence electrons. The topological polar surface area (TPSA) is 200 Å². The summed E-state index contributed by atoms with van der Waals surface area (Å²) in [7, 11) is -8.90. The van der Waals surface area contributed by atoms with E-state index >= 15 is 0 Å². The van der Waals surface area contributed by atoms with Gasteiger partial charge in [-0.1, -0.05) is 29.8 Å². The summed E-state index contributed by atoms with van der Waals surface area (Å²) >= 11 is 12.3. The standard InChI is InChI=1S/C19H23Cl2N5O8P2/c20-11-4-2-1-3-10(11)7-22-16-13-17(25-19(21)24-16)26(8-23-13)18-15(28)14(27)12(34-18)5-6-35(29,30)9-36(31,32)33/h1-4,8,12,14-15,18,27-28H,5-7,9H2,(H,29,30)(H,22,24,25)(H2,31,32,33)/t12-,14?,15+,18-/m1/s1. The van der Waals surface area contributed by atoms with Gasteiger partial charge in [-0.3, -0.25) is 13.7 Å². The zero-order valence-electron chi connectivity index (χ0n) is 18.4. The molecule has 3 aromatic rings. The number of anilines is 1. The van der Waals surface area contributed by atoms with Crippen LogP contribution in [0.2, 0.25) is 10.3 Å². The Balaban J connectivity index is 1.53. The van der Waals surface area contributed by atoms with Crippen molar-refractivity contribution < 1.29 is 38.8 Å². The molecule has 0 spiro atoms. The van der Waals surface area contributed by atoms with Gasteiger partial charge in [0.2, 0.25) is 12.7 Å². The zero-order valence-corrected chi connectivity index (χ0v) is 21.7. The van der Waals surface area contributed by atoms with Gasteiger partial charge in [0.05, 0.1) is 12.4 Å². The SMILES string of the molecule is O=P(O)(O)CP(=O)(O)CC[C@H]1O[C@@H](n2cnc3c(NCc4ccccc4Cl)nc(Cl)nc32)[C@@H](O)C1O. The Morgan fingerprint density at radius 2 is 1.81 bits per heavy atom. The number of aliphatic hydroxyl groups is 2. The molecule has 36 heavy (non-hydrogen) atoms. The lowest BCUT2D eigenvalue weighted by Gasteiger charge is -2.18. The highest BCUT2D eigenvalue weighted by Crippen LogP contribution is 2.55. The van der Waals surface area contributed by atoms with Crippen LogP contribution in [-0.4, -0.2) is 74.8 Å². The molecule has 17 heteroatoms. The third-order valence-electron chi connectivity index (χ3n) is 5.58. The number of ether oxygens (including phenoxy) is 1. The maximum absolute atomic E-state index is 12.1. The summed E-state index contributed by atoms with van der Waals surface area (Å²) in [6.45, 7) is 0.314. The minimum atomic E-state index is -4.71. The second-order valence-electron chi connectivity index (χ2n) is 8.32. The van der Waals surface area contributed by atoms with Gasteiger partial charge in [0.25, 0.3) is 0 Å². The van der Waals surface area contributed by atoms with E-state index in [2.05, 4.69) is 20.3 Å². The van der Waals surface area contributed by atoms with Crippen LogP contribution in [0.3, 0.4) is 0 Å². The van der Waals surface area contributed by atoms with Gasteiger partial charge in [0.15, 0.2) is 23.2 Å². The number of benzene rings is 1. The summed E-state index contributed by atoms with van der Waals surface area (Å²) < 4.78 is 30.3. The van der Waals surface area contributed by atoms with E-state index in [-0.39, 0.29) is 17.4 Å². The van der Waals surface area contributed by atoms with Crippen molar-refractivity contribution in [1.82, 2.24) is 19.5 Å². The van der Waals surface area contributed by atoms with E-state index in [4.69, 9.17) is 37.7 Å². The van der Waals surface area contributed by atoms with Crippen LogP contribution in [0, 0.1) is 0 Å². The van der Waals surface area contributed by atoms with E-state index in [0.29, 0.717) is 22.9 Å². The highest BCUT2D eigenvalue weighted by Gasteiger charge is 2.45. The molecule has 1 aliphatic heterocycles. The van der Waals surface area contributed by atoms with Gasteiger partial charge in [-0.05, 0) is 29.7 Å². The van der Waals surface area contributed by atoms with Crippen LogP contribution in [0.1, 0.15) is 18.2 Å². The molecule has 0 saturated carbocycles. The molecule has 0 amide bonds. The quantitative estimate of drug-likeness (QED) is 0.159. The van der Waals surface area contributed by atoms with Crippen molar-refractivity contribution in [1.29, 1.82) is 0 Å². The Morgan fingerprint density at radius 3 is 2.50 bits per heavy atom. The number of aromatic nitrogens is 4. The number of fused-ring (bicyclic) bond motifs is 1. The monoisotopic (exact) mass is 581 g/mol. The smallest absolute Gasteiger partial charge is 0.335 e. The number of rotatable bonds is 9. The number of halogens is 2. The Labute approximate surface area is 214 Å². The van der Waals surface area contributed by atoms with Gasteiger partial charge in [0, 0.05) is 17.7 Å². The van der Waals surface area contributed by atoms with E-state index in [1.54, 1.807) is 12.1 Å². The van der Waals surface area contributed by atoms with Gasteiger partial charge in [-0.25, -0.2) is 4.98 Å². The van der Waals surface area contributed by atoms with Crippen LogP contribution in [0.4, 0.5) is 5.82 Å². The Bertz CT molecular complexity index is 1350. The first kappa shape index (κ1) is 27.4. The summed E-state index contributed by atoms with van der Waals surface area (Å²) in [6.07, 6.45) is -4.58. The number of nitrogens with zero attached hydrogens (tertiary/aromatic N) is 4. The maximum atomic E-state index is 12.1. The second kappa shape index (κ2) is 10.6. The summed E-state index contributed by atoms with van der Waals surface area (Å²) in [5.41, 5.74) is 1.31. The Kier molecular flexibility index (Phi) is 8.09. The average molecular weight is 582 g/mol. The van der Waals surface area contributed by atoms with Crippen LogP contribution in [0.5, 0.6) is 0 Å². The number of imidazole rings is 1. The average Bonchev–Trinajstić information content (AvgIpc) is 3.31. The van der Waals surface area contributed by atoms with Gasteiger partial charge in [-0.2, -0.15) is 9.97 Å². The molecule has 1 aromatic carbocycles. The molecule has 0 radical (unpaired) electrons. The van der Waals surface area contributed by atoms with E-state index in [1.165, 1.54) is 10.9 Å². The van der Waals surface area contributed by atoms with E-state index in [1.807, 2.05) is 12.1 Å². The maximum Gasteiger partial charge on any atom is 0.335 e. The fourth-order valence-corrected chi connectivity index (χ4v) is 7.80. The van der Waals surface area contributed by atoms with Gasteiger partial charge < -0.3 is 34.9 Å². The van der Waals surface area contributed by atoms with Crippen molar-refractivity contribution in [2.75, 3.05) is 17.4 Å². The van der Waals surface area contributed by atoms with Crippen molar-refractivity contribution in [3.05, 3.63) is 46.5 Å². The molecule has 2 unspecified atom stereocenters. The molecule has 0 bridgehead atoms. The van der Waals surface area contributed by atoms with Crippen molar-refractivity contribution in [3.8, 4) is 0 Å². The predicted molar refractivity (Wildman–Crippen MR) is 131 cm³/mol. The van der Waals surface area contributed by atoms with Crippen molar-refractivity contribution >= 4 is 55.1 Å². The summed E-state index contributed by atoms with van der Waals surface area (Å²) in [5, 5.41) is 24.6. The first-order valence-corrected chi connectivity index (χ1v) is 15.2. The molecule has 6 N–H and O–H groups in total. The summed E-state index contributed by atoms with van der Waals surface area (Å²) in [4.78, 5) is 40.5. The molecule has 4 rings (SSSR count). The molecule has 1 aliphatic rings. The molecule has 13 nitrogen and oxygen atoms in total. The Hall–Kier alpha value is -1.63. The fraction of sp³-hybridized carbons (Fsp3) is 0.421. The van der Waals surface area contributed by atoms with Gasteiger partial charge in [0.1, 0.15) is 18.1 Å². The normalized spacial score (nSPS) is 24.2. The molecule has 3 heterocycles. The fourth-order valence-electron chi connectivity index (χ4n) is 3.91. The lowest BCUT2D eigenvalue weighted by Crippen LogP contribution is -2.32. The van der Waals surface area contributed by atoms with Crippen LogP contribution < -0.4 is 5.32 Å². The molecule has 5 atom stereocenters. The third-order valence-corrected chi connectivity index (χ3v) is 10.3. The lowest BCUT2D eigenvalue weighted by atomic mass is 10.1. The molecular formula is C19H23Cl2N5O8P2. The Morgan fingerprint density at radius 1 is 1.08 bits per heavy atom. The summed E-state index contributed by atoms with van der Waals surface area (Å²) in [5.74, 6) is -0.882. The zero-order chi connectivity index (χ0) is 26.3.